The third-order valence-electron chi connectivity index (χ3n) is 3.39. The lowest BCUT2D eigenvalue weighted by atomic mass is 9.94. The number of carbonyl (C=O) groups excluding carboxylic acids is 1. The van der Waals surface area contributed by atoms with E-state index in [0.29, 0.717) is 12.5 Å². The third kappa shape index (κ3) is 3.44. The molecular weight excluding hydrogens is 261 g/mol. The van der Waals surface area contributed by atoms with Crippen LogP contribution in [0.5, 0.6) is 0 Å². The van der Waals surface area contributed by atoms with Crippen molar-refractivity contribution < 1.29 is 19.1 Å². The molecule has 1 unspecified atom stereocenters. The number of carbonyl (C=O) groups is 2. The van der Waals surface area contributed by atoms with Gasteiger partial charge in [-0.25, -0.2) is 9.18 Å². The molecule has 0 aromatic heterocycles. The Morgan fingerprint density at radius 3 is 2.75 bits per heavy atom. The molecule has 2 rings (SSSR count). The molecule has 0 saturated heterocycles. The summed E-state index contributed by atoms with van der Waals surface area (Å²) in [5.41, 5.74) is -0.294. The third-order valence-corrected chi connectivity index (χ3v) is 3.39. The standard InChI is InChI=1S/C15H16FNO3/c16-13-8-11(15(19)20)6-7-12(13)14(18)17-9-10-4-2-1-3-5-10/h1-2,6-8,10H,3-5,9H2,(H,17,18)(H,19,20). The minimum Gasteiger partial charge on any atom is -0.478 e. The zero-order chi connectivity index (χ0) is 14.5. The zero-order valence-corrected chi connectivity index (χ0v) is 10.9. The van der Waals surface area contributed by atoms with Crippen molar-refractivity contribution in [3.63, 3.8) is 0 Å². The molecule has 0 radical (unpaired) electrons. The summed E-state index contributed by atoms with van der Waals surface area (Å²) in [4.78, 5) is 22.6. The first kappa shape index (κ1) is 14.2. The maximum absolute atomic E-state index is 13.7. The Morgan fingerprint density at radius 2 is 2.15 bits per heavy atom. The number of carboxylic acid groups (broad SMARTS) is 1. The van der Waals surface area contributed by atoms with Crippen LogP contribution in [0.2, 0.25) is 0 Å². The van der Waals surface area contributed by atoms with Crippen LogP contribution in [0.4, 0.5) is 4.39 Å². The van der Waals surface area contributed by atoms with Crippen molar-refractivity contribution in [2.24, 2.45) is 5.92 Å². The van der Waals surface area contributed by atoms with E-state index in [0.717, 1.165) is 25.3 Å². The smallest absolute Gasteiger partial charge is 0.335 e. The second kappa shape index (κ2) is 6.32. The second-order valence-electron chi connectivity index (χ2n) is 4.86. The van der Waals surface area contributed by atoms with Crippen molar-refractivity contribution in [1.29, 1.82) is 0 Å². The van der Waals surface area contributed by atoms with E-state index in [-0.39, 0.29) is 11.1 Å². The van der Waals surface area contributed by atoms with E-state index in [1.54, 1.807) is 0 Å². The average molecular weight is 277 g/mol. The van der Waals surface area contributed by atoms with Gasteiger partial charge in [0.1, 0.15) is 5.82 Å². The van der Waals surface area contributed by atoms with E-state index in [2.05, 4.69) is 17.5 Å². The summed E-state index contributed by atoms with van der Waals surface area (Å²) in [7, 11) is 0. The number of amides is 1. The van der Waals surface area contributed by atoms with E-state index in [9.17, 15) is 14.0 Å². The molecule has 1 atom stereocenters. The molecule has 106 valence electrons. The summed E-state index contributed by atoms with van der Waals surface area (Å²) in [6.07, 6.45) is 7.13. The SMILES string of the molecule is O=C(O)c1ccc(C(=O)NCC2CC=CCC2)c(F)c1. The molecule has 1 amide bonds. The highest BCUT2D eigenvalue weighted by Crippen LogP contribution is 2.17. The van der Waals surface area contributed by atoms with Gasteiger partial charge in [-0.2, -0.15) is 0 Å². The molecule has 20 heavy (non-hydrogen) atoms. The molecule has 5 heteroatoms. The summed E-state index contributed by atoms with van der Waals surface area (Å²) in [6.45, 7) is 0.503. The first-order valence-corrected chi connectivity index (χ1v) is 6.54. The predicted octanol–water partition coefficient (Wildman–Crippen LogP) is 2.61. The lowest BCUT2D eigenvalue weighted by Crippen LogP contribution is -2.30. The summed E-state index contributed by atoms with van der Waals surface area (Å²) >= 11 is 0. The highest BCUT2D eigenvalue weighted by Gasteiger charge is 2.16. The molecule has 0 heterocycles. The fourth-order valence-corrected chi connectivity index (χ4v) is 2.21. The number of carboxylic acids is 1. The molecule has 0 fully saturated rings. The Balaban J connectivity index is 1.98. The maximum Gasteiger partial charge on any atom is 0.335 e. The Labute approximate surface area is 116 Å². The van der Waals surface area contributed by atoms with Gasteiger partial charge in [0.15, 0.2) is 0 Å². The molecule has 0 aliphatic heterocycles. The molecule has 0 saturated carbocycles. The lowest BCUT2D eigenvalue weighted by Gasteiger charge is -2.18. The van der Waals surface area contributed by atoms with Crippen LogP contribution in [0.1, 0.15) is 40.0 Å². The molecule has 4 nitrogen and oxygen atoms in total. The van der Waals surface area contributed by atoms with Gasteiger partial charge in [-0.15, -0.1) is 0 Å². The first-order valence-electron chi connectivity index (χ1n) is 6.54. The van der Waals surface area contributed by atoms with E-state index >= 15 is 0 Å². The molecular formula is C15H16FNO3. The van der Waals surface area contributed by atoms with Gasteiger partial charge in [-0.1, -0.05) is 12.2 Å². The number of halogens is 1. The highest BCUT2D eigenvalue weighted by molar-refractivity contribution is 5.96. The number of allylic oxidation sites excluding steroid dienone is 2. The number of hydrogen-bond donors (Lipinski definition) is 2. The number of aromatic carboxylic acids is 1. The molecule has 1 aromatic carbocycles. The van der Waals surface area contributed by atoms with Gasteiger partial charge in [-0.3, -0.25) is 4.79 Å². The van der Waals surface area contributed by atoms with Crippen LogP contribution in [0.3, 0.4) is 0 Å². The molecule has 1 aromatic rings. The van der Waals surface area contributed by atoms with Gasteiger partial charge in [0, 0.05) is 6.54 Å². The van der Waals surface area contributed by atoms with E-state index in [1.165, 1.54) is 12.1 Å². The fourth-order valence-electron chi connectivity index (χ4n) is 2.21. The van der Waals surface area contributed by atoms with E-state index in [1.807, 2.05) is 0 Å². The monoisotopic (exact) mass is 277 g/mol. The van der Waals surface area contributed by atoms with Crippen LogP contribution in [-0.4, -0.2) is 23.5 Å². The quantitative estimate of drug-likeness (QED) is 0.831. The van der Waals surface area contributed by atoms with Gasteiger partial charge in [0.05, 0.1) is 11.1 Å². The number of nitrogens with one attached hydrogen (secondary N) is 1. The van der Waals surface area contributed by atoms with Crippen LogP contribution in [-0.2, 0) is 0 Å². The van der Waals surface area contributed by atoms with Crippen LogP contribution in [0.15, 0.2) is 30.4 Å². The Morgan fingerprint density at radius 1 is 1.35 bits per heavy atom. The van der Waals surface area contributed by atoms with Crippen LogP contribution < -0.4 is 5.32 Å². The molecule has 2 N–H and O–H groups in total. The second-order valence-corrected chi connectivity index (χ2v) is 4.86. The maximum atomic E-state index is 13.7. The Kier molecular flexibility index (Phi) is 4.50. The lowest BCUT2D eigenvalue weighted by molar-refractivity contribution is 0.0695. The number of benzene rings is 1. The van der Waals surface area contributed by atoms with Gasteiger partial charge >= 0.3 is 5.97 Å². The number of hydrogen-bond acceptors (Lipinski definition) is 2. The Bertz CT molecular complexity index is 554. The first-order chi connectivity index (χ1) is 9.58. The fraction of sp³-hybridized carbons (Fsp3) is 0.333. The van der Waals surface area contributed by atoms with Crippen LogP contribution in [0.25, 0.3) is 0 Å². The van der Waals surface area contributed by atoms with Crippen molar-refractivity contribution in [1.82, 2.24) is 5.32 Å². The van der Waals surface area contributed by atoms with E-state index < -0.39 is 17.7 Å². The summed E-state index contributed by atoms with van der Waals surface area (Å²) in [5.74, 6) is -2.16. The van der Waals surface area contributed by atoms with E-state index in [4.69, 9.17) is 5.11 Å². The average Bonchev–Trinajstić information content (AvgIpc) is 2.45. The van der Waals surface area contributed by atoms with Crippen LogP contribution in [0, 0.1) is 11.7 Å². The van der Waals surface area contributed by atoms with Gasteiger partial charge < -0.3 is 10.4 Å². The number of rotatable bonds is 4. The Hall–Kier alpha value is -2.17. The molecule has 0 spiro atoms. The summed E-state index contributed by atoms with van der Waals surface area (Å²) in [6, 6.07) is 3.29. The minimum atomic E-state index is -1.22. The van der Waals surface area contributed by atoms with Crippen molar-refractivity contribution >= 4 is 11.9 Å². The topological polar surface area (TPSA) is 66.4 Å². The van der Waals surface area contributed by atoms with Crippen LogP contribution >= 0.6 is 0 Å². The van der Waals surface area contributed by atoms with Gasteiger partial charge in [0.25, 0.3) is 5.91 Å². The predicted molar refractivity (Wildman–Crippen MR) is 72.2 cm³/mol. The summed E-state index contributed by atoms with van der Waals surface area (Å²) in [5, 5.41) is 11.4. The molecule has 1 aliphatic carbocycles. The summed E-state index contributed by atoms with van der Waals surface area (Å²) < 4.78 is 13.7. The van der Waals surface area contributed by atoms with Crippen molar-refractivity contribution in [3.8, 4) is 0 Å². The van der Waals surface area contributed by atoms with Gasteiger partial charge in [0.2, 0.25) is 0 Å². The van der Waals surface area contributed by atoms with Crippen molar-refractivity contribution in [2.75, 3.05) is 6.54 Å². The molecule has 0 bridgehead atoms. The largest absolute Gasteiger partial charge is 0.478 e. The highest BCUT2D eigenvalue weighted by atomic mass is 19.1. The molecule has 1 aliphatic rings. The normalized spacial score (nSPS) is 17.8. The van der Waals surface area contributed by atoms with Crippen molar-refractivity contribution in [3.05, 3.63) is 47.3 Å². The van der Waals surface area contributed by atoms with Gasteiger partial charge in [-0.05, 0) is 43.4 Å². The zero-order valence-electron chi connectivity index (χ0n) is 10.9. The van der Waals surface area contributed by atoms with Crippen molar-refractivity contribution in [2.45, 2.75) is 19.3 Å². The minimum absolute atomic E-state index is 0.124.